The number of allylic oxidation sites excluding steroid dienone is 1. The minimum Gasteiger partial charge on any atom is -0.465 e. The Hall–Kier alpha value is -1.23. The number of carbonyl (C=O) groups excluding carboxylic acids is 1. The van der Waals surface area contributed by atoms with Crippen LogP contribution in [0.15, 0.2) is 11.6 Å². The van der Waals surface area contributed by atoms with Crippen LogP contribution in [0.25, 0.3) is 0 Å². The van der Waals surface area contributed by atoms with Gasteiger partial charge >= 0.3 is 6.09 Å². The highest BCUT2D eigenvalue weighted by molar-refractivity contribution is 5.97. The number of hydrogen-bond acceptors (Lipinski definition) is 2. The number of nitrogens with two attached hydrogens (primary N) is 1. The molecule has 6 heteroatoms. The van der Waals surface area contributed by atoms with Crippen molar-refractivity contribution in [3.05, 3.63) is 11.6 Å². The lowest BCUT2D eigenvalue weighted by Crippen LogP contribution is -2.20. The van der Waals surface area contributed by atoms with E-state index < -0.39 is 6.09 Å². The Kier molecular flexibility index (Phi) is 6.94. The number of carbonyl (C=O) groups is 2. The summed E-state index contributed by atoms with van der Waals surface area (Å²) in [7, 11) is 3.53. The summed E-state index contributed by atoms with van der Waals surface area (Å²) in [5.41, 5.74) is 4.98. The van der Waals surface area contributed by atoms with Gasteiger partial charge in [-0.05, 0) is 6.42 Å². The van der Waals surface area contributed by atoms with E-state index in [-0.39, 0.29) is 18.3 Å². The van der Waals surface area contributed by atoms with Crippen molar-refractivity contribution in [3.63, 3.8) is 0 Å². The first-order valence-corrected chi connectivity index (χ1v) is 3.34. The quantitative estimate of drug-likeness (QED) is 0.656. The molecule has 0 saturated carbocycles. The molecular weight excluding hydrogens is 196 g/mol. The standard InChI is InChI=1S/C6H9NO.CH3NO2.ClH/c1-7(2)6(8)5-3-4-5;2-1(3)4;/h3H,4H2,1-2H3;2H2,(H,3,4);1H. The number of halogens is 1. The Morgan fingerprint density at radius 3 is 1.92 bits per heavy atom. The van der Waals surface area contributed by atoms with Gasteiger partial charge in [-0.3, -0.25) is 4.79 Å². The van der Waals surface area contributed by atoms with Gasteiger partial charge in [0.15, 0.2) is 0 Å². The fraction of sp³-hybridized carbons (Fsp3) is 0.429. The van der Waals surface area contributed by atoms with Gasteiger partial charge in [0.05, 0.1) is 0 Å². The second-order valence-corrected chi connectivity index (χ2v) is 2.47. The number of rotatable bonds is 1. The zero-order valence-electron chi connectivity index (χ0n) is 7.48. The number of primary amides is 1. The summed E-state index contributed by atoms with van der Waals surface area (Å²) < 4.78 is 0. The predicted octanol–water partition coefficient (Wildman–Crippen LogP) is 0.450. The second kappa shape index (κ2) is 6.30. The summed E-state index contributed by atoms with van der Waals surface area (Å²) in [6.45, 7) is 0. The van der Waals surface area contributed by atoms with E-state index in [1.165, 1.54) is 0 Å². The van der Waals surface area contributed by atoms with E-state index >= 15 is 0 Å². The third kappa shape index (κ3) is 8.68. The second-order valence-electron chi connectivity index (χ2n) is 2.47. The summed E-state index contributed by atoms with van der Waals surface area (Å²) >= 11 is 0. The topological polar surface area (TPSA) is 83.6 Å². The van der Waals surface area contributed by atoms with Gasteiger partial charge in [-0.1, -0.05) is 6.08 Å². The van der Waals surface area contributed by atoms with Gasteiger partial charge in [0.1, 0.15) is 0 Å². The lowest BCUT2D eigenvalue weighted by molar-refractivity contribution is -0.124. The fourth-order valence-corrected chi connectivity index (χ4v) is 0.513. The van der Waals surface area contributed by atoms with Gasteiger partial charge in [-0.25, -0.2) is 4.79 Å². The number of carboxylic acid groups (broad SMARTS) is 1. The van der Waals surface area contributed by atoms with Crippen molar-refractivity contribution in [1.82, 2.24) is 4.90 Å². The van der Waals surface area contributed by atoms with Crippen LogP contribution in [-0.4, -0.2) is 36.1 Å². The van der Waals surface area contributed by atoms with Crippen LogP contribution in [0, 0.1) is 0 Å². The highest BCUT2D eigenvalue weighted by Gasteiger charge is 2.17. The van der Waals surface area contributed by atoms with Crippen molar-refractivity contribution in [1.29, 1.82) is 0 Å². The minimum absolute atomic E-state index is 0. The molecule has 0 aromatic heterocycles. The Labute approximate surface area is 82.6 Å². The molecule has 0 radical (unpaired) electrons. The highest BCUT2D eigenvalue weighted by atomic mass is 35.5. The molecule has 0 bridgehead atoms. The Morgan fingerprint density at radius 1 is 1.54 bits per heavy atom. The van der Waals surface area contributed by atoms with E-state index in [0.717, 1.165) is 12.0 Å². The number of likely N-dealkylation sites (N-methyl/N-ethyl adjacent to an activating group) is 1. The number of nitrogens with zero attached hydrogens (tertiary/aromatic N) is 1. The van der Waals surface area contributed by atoms with Gasteiger partial charge in [0, 0.05) is 19.7 Å². The van der Waals surface area contributed by atoms with Crippen LogP contribution in [0.5, 0.6) is 0 Å². The molecule has 5 nitrogen and oxygen atoms in total. The molecule has 0 aromatic rings. The van der Waals surface area contributed by atoms with Gasteiger partial charge in [0.25, 0.3) is 0 Å². The molecule has 1 aliphatic rings. The van der Waals surface area contributed by atoms with Crippen LogP contribution in [0.4, 0.5) is 4.79 Å². The first-order chi connectivity index (χ1) is 5.45. The summed E-state index contributed by atoms with van der Waals surface area (Å²) in [5, 5.41) is 7.19. The van der Waals surface area contributed by atoms with E-state index in [0.29, 0.717) is 0 Å². The Balaban J connectivity index is 0. The Bertz CT molecular complexity index is 222. The van der Waals surface area contributed by atoms with Crippen LogP contribution >= 0.6 is 12.4 Å². The number of amides is 2. The van der Waals surface area contributed by atoms with E-state index in [9.17, 15) is 4.79 Å². The molecule has 0 fully saturated rings. The average molecular weight is 209 g/mol. The van der Waals surface area contributed by atoms with E-state index in [4.69, 9.17) is 9.90 Å². The van der Waals surface area contributed by atoms with Crippen molar-refractivity contribution in [2.75, 3.05) is 14.1 Å². The first kappa shape index (κ1) is 14.3. The fourth-order valence-electron chi connectivity index (χ4n) is 0.513. The molecule has 0 heterocycles. The maximum atomic E-state index is 10.8. The highest BCUT2D eigenvalue weighted by Crippen LogP contribution is 2.19. The lowest BCUT2D eigenvalue weighted by Gasteiger charge is -2.05. The van der Waals surface area contributed by atoms with Gasteiger partial charge in [-0.2, -0.15) is 0 Å². The zero-order chi connectivity index (χ0) is 9.72. The molecule has 0 aromatic carbocycles. The summed E-state index contributed by atoms with van der Waals surface area (Å²) in [6, 6.07) is 0. The zero-order valence-corrected chi connectivity index (χ0v) is 8.30. The smallest absolute Gasteiger partial charge is 0.402 e. The molecular formula is C7H13ClN2O3. The Morgan fingerprint density at radius 2 is 1.85 bits per heavy atom. The van der Waals surface area contributed by atoms with Crippen LogP contribution in [0.1, 0.15) is 6.42 Å². The van der Waals surface area contributed by atoms with E-state index in [1.807, 2.05) is 6.08 Å². The maximum Gasteiger partial charge on any atom is 0.402 e. The molecule has 0 aliphatic heterocycles. The van der Waals surface area contributed by atoms with Crippen molar-refractivity contribution in [3.8, 4) is 0 Å². The molecule has 0 atom stereocenters. The molecule has 2 amide bonds. The van der Waals surface area contributed by atoms with Crippen LogP contribution in [-0.2, 0) is 4.79 Å². The summed E-state index contributed by atoms with van der Waals surface area (Å²) in [4.78, 5) is 21.1. The maximum absolute atomic E-state index is 10.8. The molecule has 0 saturated heterocycles. The van der Waals surface area contributed by atoms with E-state index in [2.05, 4.69) is 5.73 Å². The molecule has 0 unspecified atom stereocenters. The first-order valence-electron chi connectivity index (χ1n) is 3.34. The molecule has 0 spiro atoms. The normalized spacial score (nSPS) is 11.1. The van der Waals surface area contributed by atoms with Gasteiger partial charge in [0.2, 0.25) is 5.91 Å². The largest absolute Gasteiger partial charge is 0.465 e. The summed E-state index contributed by atoms with van der Waals surface area (Å²) in [5.74, 6) is 0.157. The monoisotopic (exact) mass is 208 g/mol. The number of hydrogen-bond donors (Lipinski definition) is 2. The predicted molar refractivity (Wildman–Crippen MR) is 50.9 cm³/mol. The van der Waals surface area contributed by atoms with Crippen LogP contribution < -0.4 is 5.73 Å². The third-order valence-corrected chi connectivity index (χ3v) is 1.09. The van der Waals surface area contributed by atoms with Crippen LogP contribution in [0.2, 0.25) is 0 Å². The molecule has 76 valence electrons. The van der Waals surface area contributed by atoms with Crippen molar-refractivity contribution < 1.29 is 14.7 Å². The van der Waals surface area contributed by atoms with Crippen LogP contribution in [0.3, 0.4) is 0 Å². The SMILES string of the molecule is CN(C)C(=O)C1=CC1.Cl.NC(=O)O. The lowest BCUT2D eigenvalue weighted by atomic mass is 10.4. The van der Waals surface area contributed by atoms with Crippen molar-refractivity contribution >= 4 is 24.4 Å². The molecule has 1 aliphatic carbocycles. The van der Waals surface area contributed by atoms with Crippen molar-refractivity contribution in [2.24, 2.45) is 5.73 Å². The molecule has 13 heavy (non-hydrogen) atoms. The molecule has 1 rings (SSSR count). The minimum atomic E-state index is -1.33. The average Bonchev–Trinajstić information content (AvgIpc) is 2.65. The molecule has 3 N–H and O–H groups in total. The summed E-state index contributed by atoms with van der Waals surface area (Å²) in [6.07, 6.45) is 1.50. The third-order valence-electron chi connectivity index (χ3n) is 1.09. The van der Waals surface area contributed by atoms with Gasteiger partial charge < -0.3 is 15.7 Å². The van der Waals surface area contributed by atoms with Gasteiger partial charge in [-0.15, -0.1) is 12.4 Å². The van der Waals surface area contributed by atoms with E-state index in [1.54, 1.807) is 19.0 Å². The van der Waals surface area contributed by atoms with Crippen molar-refractivity contribution in [2.45, 2.75) is 6.42 Å².